The second kappa shape index (κ2) is 6.45. The Morgan fingerprint density at radius 1 is 1.17 bits per heavy atom. The highest BCUT2D eigenvalue weighted by molar-refractivity contribution is 6.12. The topological polar surface area (TPSA) is 108 Å². The van der Waals surface area contributed by atoms with E-state index in [4.69, 9.17) is 15.2 Å². The van der Waals surface area contributed by atoms with Gasteiger partial charge >= 0.3 is 6.01 Å². The lowest BCUT2D eigenvalue weighted by molar-refractivity contribution is 0.353. The molecule has 0 saturated heterocycles. The fourth-order valence-electron chi connectivity index (χ4n) is 3.55. The van der Waals surface area contributed by atoms with Gasteiger partial charge in [-0.2, -0.15) is 4.98 Å². The zero-order chi connectivity index (χ0) is 21.0. The van der Waals surface area contributed by atoms with Crippen molar-refractivity contribution in [3.05, 3.63) is 48.6 Å². The van der Waals surface area contributed by atoms with E-state index in [9.17, 15) is 5.11 Å². The fraction of sp³-hybridized carbons (Fsp3) is 0.0952. The predicted octanol–water partition coefficient (Wildman–Crippen LogP) is 3.50. The summed E-state index contributed by atoms with van der Waals surface area (Å²) in [4.78, 5) is 12.8. The average Bonchev–Trinajstić information content (AvgIpc) is 3.02. The summed E-state index contributed by atoms with van der Waals surface area (Å²) in [5.74, 6) is -0.420. The summed E-state index contributed by atoms with van der Waals surface area (Å²) < 4.78 is 26.9. The smallest absolute Gasteiger partial charge is 0.319 e. The van der Waals surface area contributed by atoms with Gasteiger partial charge in [0.05, 0.1) is 47.5 Å². The second-order valence-electron chi connectivity index (χ2n) is 6.66. The van der Waals surface area contributed by atoms with Crippen LogP contribution in [0.2, 0.25) is 0 Å². The van der Waals surface area contributed by atoms with Gasteiger partial charge in [0.25, 0.3) is 0 Å². The molecule has 0 atom stereocenters. The van der Waals surface area contributed by atoms with Crippen molar-refractivity contribution in [1.29, 1.82) is 0 Å². The molecule has 150 valence electrons. The number of nitrogens with zero attached hydrogens (tertiary/aromatic N) is 4. The second-order valence-corrected chi connectivity index (χ2v) is 6.66. The lowest BCUT2D eigenvalue weighted by Crippen LogP contribution is -2.00. The number of halogens is 1. The van der Waals surface area contributed by atoms with E-state index in [1.54, 1.807) is 10.8 Å². The summed E-state index contributed by atoms with van der Waals surface area (Å²) in [5, 5.41) is 11.6. The zero-order valence-electron chi connectivity index (χ0n) is 16.0. The molecule has 3 heterocycles. The summed E-state index contributed by atoms with van der Waals surface area (Å²) in [5.41, 5.74) is 8.67. The van der Waals surface area contributed by atoms with Crippen LogP contribution in [0.4, 0.5) is 10.1 Å². The maximum absolute atomic E-state index is 15.0. The maximum Gasteiger partial charge on any atom is 0.319 e. The molecule has 0 saturated carbocycles. The minimum atomic E-state index is -0.533. The monoisotopic (exact) mass is 405 g/mol. The molecular formula is C21H16FN5O3. The first-order valence-electron chi connectivity index (χ1n) is 8.99. The SMILES string of the molecule is COc1ncc(-c2c(F)ccc3c(N)c4c(O)n(C5=CC=C5)cc4nc23)c(OC)n1. The first-order valence-corrected chi connectivity index (χ1v) is 8.99. The number of rotatable bonds is 4. The van der Waals surface area contributed by atoms with Crippen LogP contribution < -0.4 is 15.2 Å². The number of fused-ring (bicyclic) bond motifs is 2. The van der Waals surface area contributed by atoms with Crippen molar-refractivity contribution in [2.75, 3.05) is 20.0 Å². The van der Waals surface area contributed by atoms with Crippen LogP contribution in [0.3, 0.4) is 0 Å². The Balaban J connectivity index is 1.85. The number of benzene rings is 1. The van der Waals surface area contributed by atoms with Gasteiger partial charge in [0.2, 0.25) is 11.8 Å². The Morgan fingerprint density at radius 3 is 2.63 bits per heavy atom. The van der Waals surface area contributed by atoms with Crippen LogP contribution in [-0.2, 0) is 0 Å². The number of hydrogen-bond donors (Lipinski definition) is 2. The van der Waals surface area contributed by atoms with Crippen molar-refractivity contribution >= 4 is 33.2 Å². The van der Waals surface area contributed by atoms with Crippen molar-refractivity contribution in [2.45, 2.75) is 0 Å². The Bertz CT molecular complexity index is 1410. The van der Waals surface area contributed by atoms with Gasteiger partial charge in [0, 0.05) is 23.5 Å². The molecule has 0 unspecified atom stereocenters. The minimum absolute atomic E-state index is 0.0243. The summed E-state index contributed by atoms with van der Waals surface area (Å²) in [7, 11) is 2.85. The maximum atomic E-state index is 15.0. The summed E-state index contributed by atoms with van der Waals surface area (Å²) >= 11 is 0. The highest BCUT2D eigenvalue weighted by Crippen LogP contribution is 2.42. The molecule has 0 radical (unpaired) electrons. The van der Waals surface area contributed by atoms with Gasteiger partial charge in [0.15, 0.2) is 0 Å². The van der Waals surface area contributed by atoms with Crippen LogP contribution in [0.25, 0.3) is 38.6 Å². The molecule has 1 aliphatic carbocycles. The molecule has 0 bridgehead atoms. The minimum Gasteiger partial charge on any atom is -0.494 e. The molecule has 0 amide bonds. The predicted molar refractivity (Wildman–Crippen MR) is 111 cm³/mol. The lowest BCUT2D eigenvalue weighted by atomic mass is 10.0. The highest BCUT2D eigenvalue weighted by atomic mass is 19.1. The fourth-order valence-corrected chi connectivity index (χ4v) is 3.55. The normalized spacial score (nSPS) is 12.8. The van der Waals surface area contributed by atoms with Crippen molar-refractivity contribution in [3.63, 3.8) is 0 Å². The van der Waals surface area contributed by atoms with Gasteiger partial charge in [-0.25, -0.2) is 14.4 Å². The average molecular weight is 405 g/mol. The molecule has 3 N–H and O–H groups in total. The van der Waals surface area contributed by atoms with Gasteiger partial charge < -0.3 is 20.3 Å². The largest absolute Gasteiger partial charge is 0.494 e. The van der Waals surface area contributed by atoms with Crippen LogP contribution in [0.1, 0.15) is 0 Å². The summed E-state index contributed by atoms with van der Waals surface area (Å²) in [6, 6.07) is 2.91. The van der Waals surface area contributed by atoms with E-state index in [0.717, 1.165) is 5.70 Å². The number of nitrogen functional groups attached to an aromatic ring is 1. The molecule has 4 aromatic rings. The Kier molecular flexibility index (Phi) is 3.85. The van der Waals surface area contributed by atoms with Gasteiger partial charge in [-0.1, -0.05) is 6.08 Å². The number of hydrogen-bond acceptors (Lipinski definition) is 7. The van der Waals surface area contributed by atoms with Crippen molar-refractivity contribution in [2.24, 2.45) is 0 Å². The van der Waals surface area contributed by atoms with E-state index in [1.807, 2.05) is 18.2 Å². The molecule has 1 aliphatic rings. The van der Waals surface area contributed by atoms with Crippen LogP contribution >= 0.6 is 0 Å². The molecular weight excluding hydrogens is 389 g/mol. The highest BCUT2D eigenvalue weighted by Gasteiger charge is 2.23. The number of allylic oxidation sites excluding steroid dienone is 4. The van der Waals surface area contributed by atoms with Crippen molar-refractivity contribution < 1.29 is 19.0 Å². The number of aromatic hydroxyl groups is 1. The number of anilines is 1. The standard InChI is InChI=1S/C21H16FN5O3/c1-29-19-12(8-24-21(26-19)30-2)15-13(22)7-6-11-17(23)16-14(25-18(11)15)9-27(20(16)28)10-4-3-5-10/h3-9,28H,23H2,1-2H3. The van der Waals surface area contributed by atoms with E-state index < -0.39 is 5.82 Å². The number of pyridine rings is 1. The molecule has 3 aromatic heterocycles. The first-order chi connectivity index (χ1) is 14.5. The third-order valence-electron chi connectivity index (χ3n) is 5.07. The molecule has 8 nitrogen and oxygen atoms in total. The van der Waals surface area contributed by atoms with Crippen LogP contribution in [0, 0.1) is 5.82 Å². The lowest BCUT2D eigenvalue weighted by Gasteiger charge is -2.13. The van der Waals surface area contributed by atoms with Crippen molar-refractivity contribution in [3.8, 4) is 28.9 Å². The third-order valence-corrected chi connectivity index (χ3v) is 5.07. The molecule has 9 heteroatoms. The van der Waals surface area contributed by atoms with Crippen molar-refractivity contribution in [1.82, 2.24) is 19.5 Å². The van der Waals surface area contributed by atoms with E-state index in [0.29, 0.717) is 33.1 Å². The van der Waals surface area contributed by atoms with E-state index >= 15 is 4.39 Å². The van der Waals surface area contributed by atoms with Crippen LogP contribution in [0.5, 0.6) is 17.8 Å². The molecule has 0 fully saturated rings. The first kappa shape index (κ1) is 17.9. The molecule has 30 heavy (non-hydrogen) atoms. The number of nitrogens with two attached hydrogens (primary N) is 1. The van der Waals surface area contributed by atoms with Gasteiger partial charge in [-0.3, -0.25) is 4.57 Å². The number of methoxy groups -OCH3 is 2. The molecule has 1 aromatic carbocycles. The van der Waals surface area contributed by atoms with Crippen LogP contribution in [-0.4, -0.2) is 38.8 Å². The number of aromatic nitrogens is 4. The molecule has 0 aliphatic heterocycles. The molecule has 5 rings (SSSR count). The quantitative estimate of drug-likeness (QED) is 0.535. The molecule has 0 spiro atoms. The third kappa shape index (κ3) is 2.41. The summed E-state index contributed by atoms with van der Waals surface area (Å²) in [6.45, 7) is 0. The van der Waals surface area contributed by atoms with Crippen LogP contribution in [0.15, 0.2) is 42.8 Å². The van der Waals surface area contributed by atoms with Gasteiger partial charge in [0.1, 0.15) is 5.82 Å². The van der Waals surface area contributed by atoms with Gasteiger partial charge in [-0.05, 0) is 24.3 Å². The Morgan fingerprint density at radius 2 is 1.97 bits per heavy atom. The zero-order valence-corrected chi connectivity index (χ0v) is 16.0. The van der Waals surface area contributed by atoms with E-state index in [1.165, 1.54) is 32.5 Å². The summed E-state index contributed by atoms with van der Waals surface area (Å²) in [6.07, 6.45) is 8.62. The Hall–Kier alpha value is -4.14. The van der Waals surface area contributed by atoms with E-state index in [2.05, 4.69) is 15.0 Å². The van der Waals surface area contributed by atoms with E-state index in [-0.39, 0.29) is 23.3 Å². The van der Waals surface area contributed by atoms with Gasteiger partial charge in [-0.15, -0.1) is 0 Å². The number of ether oxygens (including phenoxy) is 2. The Labute approximate surface area is 169 Å².